The van der Waals surface area contributed by atoms with Gasteiger partial charge in [-0.3, -0.25) is 14.4 Å². The number of aliphatic carboxylic acids is 1. The second kappa shape index (κ2) is 6.04. The zero-order chi connectivity index (χ0) is 13.8. The number of carbonyl (C=O) groups is 3. The topological polar surface area (TPSA) is 86.7 Å². The summed E-state index contributed by atoms with van der Waals surface area (Å²) < 4.78 is 0. The molecule has 6 nitrogen and oxygen atoms in total. The Bertz CT molecular complexity index is 383. The van der Waals surface area contributed by atoms with Crippen LogP contribution in [0.1, 0.15) is 32.1 Å². The highest BCUT2D eigenvalue weighted by molar-refractivity contribution is 5.86. The molecule has 0 bridgehead atoms. The molecule has 0 aromatic rings. The Morgan fingerprint density at radius 1 is 1.21 bits per heavy atom. The van der Waals surface area contributed by atoms with Gasteiger partial charge in [-0.25, -0.2) is 0 Å². The Kier molecular flexibility index (Phi) is 4.39. The molecule has 0 aromatic heterocycles. The minimum absolute atomic E-state index is 0.0528. The van der Waals surface area contributed by atoms with Crippen LogP contribution in [0.2, 0.25) is 0 Å². The first-order chi connectivity index (χ1) is 9.08. The zero-order valence-electron chi connectivity index (χ0n) is 10.9. The second-order valence-electron chi connectivity index (χ2n) is 5.36. The van der Waals surface area contributed by atoms with Crippen LogP contribution in [0.25, 0.3) is 0 Å². The zero-order valence-corrected chi connectivity index (χ0v) is 10.9. The van der Waals surface area contributed by atoms with Crippen LogP contribution in [-0.4, -0.2) is 47.4 Å². The normalized spacial score (nSPS) is 28.4. The highest BCUT2D eigenvalue weighted by Crippen LogP contribution is 2.30. The van der Waals surface area contributed by atoms with Crippen LogP contribution in [0.5, 0.6) is 0 Å². The SMILES string of the molecule is O=C1CN(C(=O)C2CCCC(C(=O)O)C2)CCCN1. The predicted molar refractivity (Wildman–Crippen MR) is 67.3 cm³/mol. The summed E-state index contributed by atoms with van der Waals surface area (Å²) in [7, 11) is 0. The number of hydrogen-bond acceptors (Lipinski definition) is 3. The third kappa shape index (κ3) is 3.45. The number of carboxylic acids is 1. The summed E-state index contributed by atoms with van der Waals surface area (Å²) in [6, 6.07) is 0. The number of nitrogens with one attached hydrogen (secondary N) is 1. The van der Waals surface area contributed by atoms with E-state index in [9.17, 15) is 14.4 Å². The smallest absolute Gasteiger partial charge is 0.306 e. The Labute approximate surface area is 112 Å². The quantitative estimate of drug-likeness (QED) is 0.750. The highest BCUT2D eigenvalue weighted by Gasteiger charge is 2.34. The van der Waals surface area contributed by atoms with Gasteiger partial charge in [0.2, 0.25) is 11.8 Å². The minimum Gasteiger partial charge on any atom is -0.481 e. The Morgan fingerprint density at radius 3 is 2.68 bits per heavy atom. The van der Waals surface area contributed by atoms with Crippen LogP contribution in [0.15, 0.2) is 0 Å². The Balaban J connectivity index is 1.97. The van der Waals surface area contributed by atoms with Gasteiger partial charge < -0.3 is 15.3 Å². The van der Waals surface area contributed by atoms with Gasteiger partial charge in [-0.2, -0.15) is 0 Å². The fourth-order valence-electron chi connectivity index (χ4n) is 2.89. The summed E-state index contributed by atoms with van der Waals surface area (Å²) in [5.41, 5.74) is 0. The van der Waals surface area contributed by atoms with Crippen molar-refractivity contribution < 1.29 is 19.5 Å². The summed E-state index contributed by atoms with van der Waals surface area (Å²) in [4.78, 5) is 36.4. The van der Waals surface area contributed by atoms with E-state index in [0.717, 1.165) is 19.3 Å². The summed E-state index contributed by atoms with van der Waals surface area (Å²) in [5, 5.41) is 11.8. The van der Waals surface area contributed by atoms with E-state index in [0.29, 0.717) is 25.9 Å². The van der Waals surface area contributed by atoms with Crippen LogP contribution >= 0.6 is 0 Å². The van der Waals surface area contributed by atoms with Crippen LogP contribution < -0.4 is 5.32 Å². The lowest BCUT2D eigenvalue weighted by atomic mass is 9.80. The molecular weight excluding hydrogens is 248 g/mol. The Morgan fingerprint density at radius 2 is 1.95 bits per heavy atom. The molecule has 106 valence electrons. The Hall–Kier alpha value is -1.59. The molecule has 2 amide bonds. The monoisotopic (exact) mass is 268 g/mol. The van der Waals surface area contributed by atoms with Crippen molar-refractivity contribution >= 4 is 17.8 Å². The van der Waals surface area contributed by atoms with Crippen molar-refractivity contribution in [3.8, 4) is 0 Å². The molecule has 1 aliphatic heterocycles. The van der Waals surface area contributed by atoms with Gasteiger partial charge in [-0.15, -0.1) is 0 Å². The van der Waals surface area contributed by atoms with Crippen LogP contribution in [-0.2, 0) is 14.4 Å². The maximum atomic E-state index is 12.4. The fourth-order valence-corrected chi connectivity index (χ4v) is 2.89. The van der Waals surface area contributed by atoms with Crippen molar-refractivity contribution in [2.45, 2.75) is 32.1 Å². The first-order valence-corrected chi connectivity index (χ1v) is 6.86. The van der Waals surface area contributed by atoms with Crippen LogP contribution in [0.4, 0.5) is 0 Å². The number of amides is 2. The average molecular weight is 268 g/mol. The molecule has 1 aliphatic carbocycles. The van der Waals surface area contributed by atoms with Crippen molar-refractivity contribution in [1.82, 2.24) is 10.2 Å². The molecule has 2 aliphatic rings. The van der Waals surface area contributed by atoms with E-state index in [4.69, 9.17) is 5.11 Å². The maximum absolute atomic E-state index is 12.4. The molecule has 0 spiro atoms. The lowest BCUT2D eigenvalue weighted by molar-refractivity contribution is -0.146. The summed E-state index contributed by atoms with van der Waals surface area (Å²) >= 11 is 0. The van der Waals surface area contributed by atoms with Gasteiger partial charge in [-0.05, 0) is 25.7 Å². The van der Waals surface area contributed by atoms with E-state index in [-0.39, 0.29) is 24.3 Å². The average Bonchev–Trinajstić information content (AvgIpc) is 2.62. The van der Waals surface area contributed by atoms with E-state index >= 15 is 0 Å². The van der Waals surface area contributed by atoms with Gasteiger partial charge in [-0.1, -0.05) is 6.42 Å². The molecule has 2 fully saturated rings. The molecule has 0 radical (unpaired) electrons. The van der Waals surface area contributed by atoms with E-state index in [1.54, 1.807) is 4.90 Å². The molecular formula is C13H20N2O4. The lowest BCUT2D eigenvalue weighted by Gasteiger charge is -2.30. The highest BCUT2D eigenvalue weighted by atomic mass is 16.4. The summed E-state index contributed by atoms with van der Waals surface area (Å²) in [6.07, 6.45) is 3.33. The van der Waals surface area contributed by atoms with Gasteiger partial charge in [0.25, 0.3) is 0 Å². The third-order valence-corrected chi connectivity index (χ3v) is 3.95. The van der Waals surface area contributed by atoms with Crippen molar-refractivity contribution in [3.05, 3.63) is 0 Å². The molecule has 1 saturated carbocycles. The number of hydrogen-bond donors (Lipinski definition) is 2. The van der Waals surface area contributed by atoms with Crippen LogP contribution in [0, 0.1) is 11.8 Å². The van der Waals surface area contributed by atoms with Crippen LogP contribution in [0.3, 0.4) is 0 Å². The van der Waals surface area contributed by atoms with E-state index in [2.05, 4.69) is 5.32 Å². The second-order valence-corrected chi connectivity index (χ2v) is 5.36. The van der Waals surface area contributed by atoms with Crippen molar-refractivity contribution in [1.29, 1.82) is 0 Å². The van der Waals surface area contributed by atoms with Crippen molar-refractivity contribution in [3.63, 3.8) is 0 Å². The largest absolute Gasteiger partial charge is 0.481 e. The lowest BCUT2D eigenvalue weighted by Crippen LogP contribution is -2.42. The third-order valence-electron chi connectivity index (χ3n) is 3.95. The molecule has 1 saturated heterocycles. The molecule has 0 aromatic carbocycles. The van der Waals surface area contributed by atoms with Gasteiger partial charge in [0.05, 0.1) is 12.5 Å². The first kappa shape index (κ1) is 13.8. The van der Waals surface area contributed by atoms with Crippen molar-refractivity contribution in [2.75, 3.05) is 19.6 Å². The minimum atomic E-state index is -0.814. The number of nitrogens with zero attached hydrogens (tertiary/aromatic N) is 1. The number of carboxylic acid groups (broad SMARTS) is 1. The maximum Gasteiger partial charge on any atom is 0.306 e. The molecule has 2 atom stereocenters. The number of carbonyl (C=O) groups excluding carboxylic acids is 2. The summed E-state index contributed by atoms with van der Waals surface area (Å²) in [5.74, 6) is -1.64. The summed E-state index contributed by atoms with van der Waals surface area (Å²) in [6.45, 7) is 1.28. The van der Waals surface area contributed by atoms with Crippen molar-refractivity contribution in [2.24, 2.45) is 11.8 Å². The number of rotatable bonds is 2. The molecule has 2 rings (SSSR count). The fraction of sp³-hybridized carbons (Fsp3) is 0.769. The van der Waals surface area contributed by atoms with E-state index in [1.165, 1.54) is 0 Å². The molecule has 2 unspecified atom stereocenters. The first-order valence-electron chi connectivity index (χ1n) is 6.86. The van der Waals surface area contributed by atoms with Gasteiger partial charge in [0.15, 0.2) is 0 Å². The predicted octanol–water partition coefficient (Wildman–Crippen LogP) is 0.226. The van der Waals surface area contributed by atoms with Gasteiger partial charge in [0, 0.05) is 19.0 Å². The van der Waals surface area contributed by atoms with Gasteiger partial charge in [0.1, 0.15) is 0 Å². The standard InChI is InChI=1S/C13H20N2O4/c16-11-8-15(6-2-5-14-11)12(17)9-3-1-4-10(7-9)13(18)19/h9-10H,1-8H2,(H,14,16)(H,18,19). The molecule has 6 heteroatoms. The van der Waals surface area contributed by atoms with E-state index < -0.39 is 11.9 Å². The molecule has 19 heavy (non-hydrogen) atoms. The molecule has 2 N–H and O–H groups in total. The molecule has 1 heterocycles. The van der Waals surface area contributed by atoms with Gasteiger partial charge >= 0.3 is 5.97 Å². The van der Waals surface area contributed by atoms with E-state index in [1.807, 2.05) is 0 Å².